The average Bonchev–Trinajstić information content (AvgIpc) is 3.01. The number of thiophene rings is 1. The lowest BCUT2D eigenvalue weighted by Gasteiger charge is -2.17. The zero-order valence-electron chi connectivity index (χ0n) is 15.8. The standard InChI is InChI=1S/C21H21ClN2O3S/c1-11-7-8-14-16(9-11)28-21-18(14)20(26)23-19(24-21)12(2)27-17(25)10-13-5-3-4-6-15(13)22/h3-6,11-12H,7-10H2,1-2H3,(H,23,24,26)/t11-,12-/m1/s1. The minimum Gasteiger partial charge on any atom is -0.454 e. The van der Waals surface area contributed by atoms with Crippen LogP contribution in [0.4, 0.5) is 0 Å². The summed E-state index contributed by atoms with van der Waals surface area (Å²) < 4.78 is 5.49. The Bertz CT molecular complexity index is 1100. The van der Waals surface area contributed by atoms with Crippen LogP contribution < -0.4 is 5.56 Å². The van der Waals surface area contributed by atoms with Crippen LogP contribution in [-0.2, 0) is 28.8 Å². The molecule has 146 valence electrons. The molecule has 0 unspecified atom stereocenters. The number of aromatic amines is 1. The Kier molecular flexibility index (Phi) is 5.25. The largest absolute Gasteiger partial charge is 0.454 e. The van der Waals surface area contributed by atoms with Gasteiger partial charge < -0.3 is 9.72 Å². The van der Waals surface area contributed by atoms with Crippen LogP contribution in [0.3, 0.4) is 0 Å². The summed E-state index contributed by atoms with van der Waals surface area (Å²) in [6, 6.07) is 7.16. The van der Waals surface area contributed by atoms with Gasteiger partial charge in [0.1, 0.15) is 4.83 Å². The summed E-state index contributed by atoms with van der Waals surface area (Å²) in [6.45, 7) is 3.95. The van der Waals surface area contributed by atoms with Crippen LogP contribution >= 0.6 is 22.9 Å². The molecular formula is C21H21ClN2O3S. The zero-order valence-corrected chi connectivity index (χ0v) is 17.3. The SMILES string of the molecule is C[C@@H]1CCc2c(sc3nc([C@@H](C)OC(=O)Cc4ccccc4Cl)[nH]c(=O)c23)C1. The lowest BCUT2D eigenvalue weighted by Crippen LogP contribution is -2.19. The molecule has 5 nitrogen and oxygen atoms in total. The first kappa shape index (κ1) is 19.2. The Labute approximate surface area is 171 Å². The van der Waals surface area contributed by atoms with Gasteiger partial charge in [-0.25, -0.2) is 4.98 Å². The monoisotopic (exact) mass is 416 g/mol. The lowest BCUT2D eigenvalue weighted by molar-refractivity contribution is -0.148. The number of carbonyl (C=O) groups excluding carboxylic acids is 1. The minimum absolute atomic E-state index is 0.0711. The van der Waals surface area contributed by atoms with Crippen molar-refractivity contribution in [3.63, 3.8) is 0 Å². The molecule has 1 N–H and O–H groups in total. The first-order valence-electron chi connectivity index (χ1n) is 9.39. The van der Waals surface area contributed by atoms with Crippen LogP contribution in [0, 0.1) is 5.92 Å². The molecule has 0 saturated heterocycles. The Morgan fingerprint density at radius 3 is 3.00 bits per heavy atom. The van der Waals surface area contributed by atoms with Crippen molar-refractivity contribution in [3.8, 4) is 0 Å². The normalized spacial score (nSPS) is 17.3. The molecule has 28 heavy (non-hydrogen) atoms. The fourth-order valence-electron chi connectivity index (χ4n) is 3.65. The van der Waals surface area contributed by atoms with Crippen molar-refractivity contribution in [3.05, 3.63) is 61.5 Å². The molecule has 2 heterocycles. The molecule has 4 rings (SSSR count). The highest BCUT2D eigenvalue weighted by molar-refractivity contribution is 7.18. The van der Waals surface area contributed by atoms with Crippen LogP contribution in [0.5, 0.6) is 0 Å². The van der Waals surface area contributed by atoms with E-state index < -0.39 is 12.1 Å². The summed E-state index contributed by atoms with van der Waals surface area (Å²) >= 11 is 7.69. The van der Waals surface area contributed by atoms with Crippen molar-refractivity contribution in [2.45, 2.75) is 45.6 Å². The van der Waals surface area contributed by atoms with E-state index in [1.54, 1.807) is 30.4 Å². The topological polar surface area (TPSA) is 72.0 Å². The van der Waals surface area contributed by atoms with Crippen molar-refractivity contribution in [1.29, 1.82) is 0 Å². The van der Waals surface area contributed by atoms with Gasteiger partial charge in [-0.3, -0.25) is 9.59 Å². The van der Waals surface area contributed by atoms with Gasteiger partial charge in [0.15, 0.2) is 11.9 Å². The van der Waals surface area contributed by atoms with Gasteiger partial charge in [-0.2, -0.15) is 0 Å². The maximum Gasteiger partial charge on any atom is 0.311 e. The molecule has 2 atom stereocenters. The number of H-pyrrole nitrogens is 1. The number of hydrogen-bond donors (Lipinski definition) is 1. The van der Waals surface area contributed by atoms with Crippen molar-refractivity contribution in [2.75, 3.05) is 0 Å². The lowest BCUT2D eigenvalue weighted by atomic mass is 9.89. The van der Waals surface area contributed by atoms with Crippen LogP contribution in [0.1, 0.15) is 48.2 Å². The number of aryl methyl sites for hydroxylation is 1. The molecule has 0 spiro atoms. The number of halogens is 1. The molecule has 2 aromatic heterocycles. The van der Waals surface area contributed by atoms with Gasteiger partial charge in [0.2, 0.25) is 0 Å². The predicted octanol–water partition coefficient (Wildman–Crippen LogP) is 4.61. The van der Waals surface area contributed by atoms with Crippen molar-refractivity contribution >= 4 is 39.1 Å². The fraction of sp³-hybridized carbons (Fsp3) is 0.381. The number of benzene rings is 1. The quantitative estimate of drug-likeness (QED) is 0.630. The van der Waals surface area contributed by atoms with E-state index in [2.05, 4.69) is 16.9 Å². The second kappa shape index (κ2) is 7.68. The highest BCUT2D eigenvalue weighted by atomic mass is 35.5. The number of nitrogens with one attached hydrogen (secondary N) is 1. The Balaban J connectivity index is 1.56. The summed E-state index contributed by atoms with van der Waals surface area (Å²) in [5.41, 5.74) is 1.70. The Hall–Kier alpha value is -2.18. The first-order valence-corrected chi connectivity index (χ1v) is 10.6. The molecule has 1 aliphatic rings. The molecular weight excluding hydrogens is 396 g/mol. The highest BCUT2D eigenvalue weighted by Gasteiger charge is 2.24. The van der Waals surface area contributed by atoms with Gasteiger partial charge in [0, 0.05) is 9.90 Å². The van der Waals surface area contributed by atoms with E-state index in [0.717, 1.165) is 29.7 Å². The smallest absolute Gasteiger partial charge is 0.311 e. The van der Waals surface area contributed by atoms with Gasteiger partial charge in [-0.05, 0) is 49.3 Å². The molecule has 3 aromatic rings. The third kappa shape index (κ3) is 3.71. The number of fused-ring (bicyclic) bond motifs is 3. The number of carbonyl (C=O) groups is 1. The molecule has 0 fully saturated rings. The number of rotatable bonds is 4. The maximum atomic E-state index is 12.7. The highest BCUT2D eigenvalue weighted by Crippen LogP contribution is 2.36. The second-order valence-corrected chi connectivity index (χ2v) is 8.87. The predicted molar refractivity (Wildman–Crippen MR) is 111 cm³/mol. The number of ether oxygens (including phenoxy) is 1. The average molecular weight is 417 g/mol. The van der Waals surface area contributed by atoms with Gasteiger partial charge in [-0.1, -0.05) is 36.7 Å². The van der Waals surface area contributed by atoms with Gasteiger partial charge in [0.25, 0.3) is 5.56 Å². The molecule has 0 bridgehead atoms. The summed E-state index contributed by atoms with van der Waals surface area (Å²) in [6.07, 6.45) is 2.43. The number of aromatic nitrogens is 2. The third-order valence-electron chi connectivity index (χ3n) is 5.17. The number of hydrogen-bond acceptors (Lipinski definition) is 5. The summed E-state index contributed by atoms with van der Waals surface area (Å²) in [5.74, 6) is 0.586. The van der Waals surface area contributed by atoms with E-state index in [1.165, 1.54) is 4.88 Å². The van der Waals surface area contributed by atoms with E-state index in [4.69, 9.17) is 16.3 Å². The minimum atomic E-state index is -0.648. The van der Waals surface area contributed by atoms with Crippen LogP contribution in [0.15, 0.2) is 29.1 Å². The molecule has 7 heteroatoms. The van der Waals surface area contributed by atoms with Crippen molar-refractivity contribution in [1.82, 2.24) is 9.97 Å². The zero-order chi connectivity index (χ0) is 19.8. The van der Waals surface area contributed by atoms with Crippen LogP contribution in [0.25, 0.3) is 10.2 Å². The van der Waals surface area contributed by atoms with Gasteiger partial charge in [-0.15, -0.1) is 11.3 Å². The molecule has 0 radical (unpaired) electrons. The first-order chi connectivity index (χ1) is 13.4. The molecule has 0 aliphatic heterocycles. The van der Waals surface area contributed by atoms with E-state index in [0.29, 0.717) is 27.7 Å². The third-order valence-corrected chi connectivity index (χ3v) is 6.69. The summed E-state index contributed by atoms with van der Waals surface area (Å²) in [7, 11) is 0. The molecule has 0 saturated carbocycles. The summed E-state index contributed by atoms with van der Waals surface area (Å²) in [5, 5.41) is 1.23. The Morgan fingerprint density at radius 1 is 1.43 bits per heavy atom. The van der Waals surface area contributed by atoms with Crippen LogP contribution in [0.2, 0.25) is 5.02 Å². The van der Waals surface area contributed by atoms with Crippen LogP contribution in [-0.4, -0.2) is 15.9 Å². The Morgan fingerprint density at radius 2 is 2.21 bits per heavy atom. The van der Waals surface area contributed by atoms with Crippen molar-refractivity contribution in [2.24, 2.45) is 5.92 Å². The van der Waals surface area contributed by atoms with E-state index in [-0.39, 0.29) is 12.0 Å². The van der Waals surface area contributed by atoms with E-state index in [9.17, 15) is 9.59 Å². The van der Waals surface area contributed by atoms with Crippen molar-refractivity contribution < 1.29 is 9.53 Å². The molecule has 1 aliphatic carbocycles. The molecule has 1 aromatic carbocycles. The number of esters is 1. The van der Waals surface area contributed by atoms with Gasteiger partial charge >= 0.3 is 5.97 Å². The van der Waals surface area contributed by atoms with E-state index >= 15 is 0 Å². The second-order valence-electron chi connectivity index (χ2n) is 7.38. The molecule has 0 amide bonds. The van der Waals surface area contributed by atoms with Gasteiger partial charge in [0.05, 0.1) is 11.8 Å². The number of nitrogens with zero attached hydrogens (tertiary/aromatic N) is 1. The maximum absolute atomic E-state index is 12.7. The fourth-order valence-corrected chi connectivity index (χ4v) is 5.24. The van der Waals surface area contributed by atoms with E-state index in [1.807, 2.05) is 12.1 Å². The summed E-state index contributed by atoms with van der Waals surface area (Å²) in [4.78, 5) is 34.4.